The molecule has 134 valence electrons. The van der Waals surface area contributed by atoms with Crippen LogP contribution in [0.1, 0.15) is 52.7 Å². The Balaban J connectivity index is 2.86. The molecule has 0 bridgehead atoms. The molecule has 2 aromatic rings. The fourth-order valence-electron chi connectivity index (χ4n) is 5.18. The van der Waals surface area contributed by atoms with Gasteiger partial charge in [-0.3, -0.25) is 0 Å². The lowest BCUT2D eigenvalue weighted by molar-refractivity contribution is 0.404. The molecule has 1 heterocycles. The summed E-state index contributed by atoms with van der Waals surface area (Å²) in [6.45, 7) is 17.9. The number of fused-ring (bicyclic) bond motifs is 1. The molecule has 2 nitrogen and oxygen atoms in total. The van der Waals surface area contributed by atoms with E-state index in [0.29, 0.717) is 16.6 Å². The summed E-state index contributed by atoms with van der Waals surface area (Å²) < 4.78 is 2.76. The lowest BCUT2D eigenvalue weighted by atomic mass is 10.1. The van der Waals surface area contributed by atoms with Gasteiger partial charge in [0.25, 0.3) is 0 Å². The van der Waals surface area contributed by atoms with Gasteiger partial charge in [-0.15, -0.1) is 0 Å². The summed E-state index contributed by atoms with van der Waals surface area (Å²) in [4.78, 5) is 2.29. The first kappa shape index (κ1) is 19.3. The summed E-state index contributed by atoms with van der Waals surface area (Å²) >= 11 is 0. The van der Waals surface area contributed by atoms with E-state index < -0.39 is 8.24 Å². The number of hydrogen-bond donors (Lipinski definition) is 0. The molecule has 0 saturated carbocycles. The van der Waals surface area contributed by atoms with Crippen molar-refractivity contribution < 1.29 is 0 Å². The molecule has 3 heteroatoms. The molecule has 0 aliphatic carbocycles. The van der Waals surface area contributed by atoms with Gasteiger partial charge in [-0.25, -0.2) is 0 Å². The summed E-state index contributed by atoms with van der Waals surface area (Å²) in [7, 11) is 2.61. The van der Waals surface area contributed by atoms with Crippen molar-refractivity contribution in [2.45, 2.75) is 71.6 Å². The quantitative estimate of drug-likeness (QED) is 0.580. The second-order valence-corrected chi connectivity index (χ2v) is 14.3. The largest absolute Gasteiger partial charge is 0.373 e. The monoisotopic (exact) mass is 344 g/mol. The third kappa shape index (κ3) is 2.97. The van der Waals surface area contributed by atoms with Crippen LogP contribution in [-0.4, -0.2) is 31.5 Å². The van der Waals surface area contributed by atoms with E-state index in [4.69, 9.17) is 0 Å². The lowest BCUT2D eigenvalue weighted by Crippen LogP contribution is -2.51. The van der Waals surface area contributed by atoms with E-state index in [1.807, 2.05) is 0 Å². The number of aromatic nitrogens is 1. The molecular weight excluding hydrogens is 308 g/mol. The molecule has 24 heavy (non-hydrogen) atoms. The Hall–Kier alpha value is -1.06. The van der Waals surface area contributed by atoms with Gasteiger partial charge in [0.05, 0.1) is 0 Å². The van der Waals surface area contributed by atoms with E-state index >= 15 is 0 Å². The minimum atomic E-state index is -1.72. The predicted octanol–water partition coefficient (Wildman–Crippen LogP) is 6.03. The molecule has 1 aromatic heterocycles. The van der Waals surface area contributed by atoms with Crippen molar-refractivity contribution in [1.29, 1.82) is 0 Å². The smallest absolute Gasteiger partial charge is 0.169 e. The summed E-state index contributed by atoms with van der Waals surface area (Å²) in [5.74, 6) is 0. The first-order chi connectivity index (χ1) is 11.1. The van der Waals surface area contributed by atoms with Gasteiger partial charge in [-0.2, -0.15) is 0 Å². The van der Waals surface area contributed by atoms with Crippen molar-refractivity contribution in [3.63, 3.8) is 0 Å². The predicted molar refractivity (Wildman–Crippen MR) is 111 cm³/mol. The minimum absolute atomic E-state index is 0.709. The summed E-state index contributed by atoms with van der Waals surface area (Å²) in [6.07, 6.45) is 2.50. The molecule has 0 atom stereocenters. The van der Waals surface area contributed by atoms with Gasteiger partial charge >= 0.3 is 0 Å². The van der Waals surface area contributed by atoms with Gasteiger partial charge in [0, 0.05) is 23.6 Å². The van der Waals surface area contributed by atoms with E-state index in [2.05, 4.69) is 96.1 Å². The first-order valence-corrected chi connectivity index (χ1v) is 11.6. The maximum atomic E-state index is 2.76. The van der Waals surface area contributed by atoms with Crippen LogP contribution < -0.4 is 0 Å². The third-order valence-corrected chi connectivity index (χ3v) is 12.5. The molecule has 0 spiro atoms. The van der Waals surface area contributed by atoms with Gasteiger partial charge < -0.3 is 9.13 Å². The molecule has 0 aliphatic rings. The summed E-state index contributed by atoms with van der Waals surface area (Å²) in [6, 6.07) is 6.83. The van der Waals surface area contributed by atoms with Crippen molar-refractivity contribution in [2.75, 3.05) is 14.1 Å². The Kier molecular flexibility index (Phi) is 5.66. The van der Waals surface area contributed by atoms with Crippen LogP contribution in [0.25, 0.3) is 10.9 Å². The fourth-order valence-corrected chi connectivity index (χ4v) is 11.8. The maximum Gasteiger partial charge on any atom is 0.169 e. The molecular formula is C21H36N2Si. The molecule has 0 unspecified atom stereocenters. The van der Waals surface area contributed by atoms with Gasteiger partial charge in [0.1, 0.15) is 0 Å². The van der Waals surface area contributed by atoms with E-state index in [1.54, 1.807) is 0 Å². The highest BCUT2D eigenvalue weighted by atomic mass is 28.3. The van der Waals surface area contributed by atoms with Crippen LogP contribution >= 0.6 is 0 Å². The van der Waals surface area contributed by atoms with Crippen molar-refractivity contribution in [1.82, 2.24) is 9.13 Å². The summed E-state index contributed by atoms with van der Waals surface area (Å²) in [5, 5.41) is 1.48. The molecule has 2 rings (SSSR count). The molecule has 0 aliphatic heterocycles. The van der Waals surface area contributed by atoms with Crippen LogP contribution in [0.4, 0.5) is 0 Å². The fraction of sp³-hybridized carbons (Fsp3) is 0.619. The van der Waals surface area contributed by atoms with Crippen LogP contribution in [0.3, 0.4) is 0 Å². The van der Waals surface area contributed by atoms with Crippen molar-refractivity contribution in [3.8, 4) is 0 Å². The van der Waals surface area contributed by atoms with E-state index in [-0.39, 0.29) is 0 Å². The Labute approximate surface area is 149 Å². The Bertz CT molecular complexity index is 673. The van der Waals surface area contributed by atoms with Crippen LogP contribution in [0.2, 0.25) is 16.6 Å². The van der Waals surface area contributed by atoms with Crippen molar-refractivity contribution in [2.24, 2.45) is 0 Å². The zero-order valence-electron chi connectivity index (χ0n) is 17.1. The second kappa shape index (κ2) is 7.05. The first-order valence-electron chi connectivity index (χ1n) is 9.38. The number of nitrogens with zero attached hydrogens (tertiary/aromatic N) is 2. The van der Waals surface area contributed by atoms with Crippen LogP contribution in [0.15, 0.2) is 24.4 Å². The molecule has 0 N–H and O–H groups in total. The highest BCUT2D eigenvalue weighted by molar-refractivity contribution is 6.82. The highest BCUT2D eigenvalue weighted by Gasteiger charge is 2.46. The van der Waals surface area contributed by atoms with Gasteiger partial charge in [0.15, 0.2) is 8.24 Å². The molecule has 0 fully saturated rings. The topological polar surface area (TPSA) is 8.17 Å². The number of aryl methyl sites for hydroxylation is 1. The number of hydrogen-bond acceptors (Lipinski definition) is 1. The van der Waals surface area contributed by atoms with Crippen molar-refractivity contribution in [3.05, 3.63) is 35.5 Å². The maximum absolute atomic E-state index is 2.76. The van der Waals surface area contributed by atoms with Gasteiger partial charge in [-0.1, -0.05) is 53.7 Å². The Morgan fingerprint density at radius 1 is 0.958 bits per heavy atom. The average molecular weight is 345 g/mol. The molecule has 0 radical (unpaired) electrons. The van der Waals surface area contributed by atoms with E-state index in [0.717, 1.165) is 6.54 Å². The number of benzene rings is 1. The van der Waals surface area contributed by atoms with E-state index in [9.17, 15) is 0 Å². The standard InChI is InChI=1S/C21H36N2Si/c1-15(2)24(16(3)4,17(5)6)23-14-19(13-22(8)9)21-18(7)11-10-12-20(21)23/h10-12,14-17H,13H2,1-9H3. The molecule has 0 saturated heterocycles. The minimum Gasteiger partial charge on any atom is -0.373 e. The van der Waals surface area contributed by atoms with Crippen molar-refractivity contribution >= 4 is 19.1 Å². The average Bonchev–Trinajstić information content (AvgIpc) is 2.78. The molecule has 0 amide bonds. The lowest BCUT2D eigenvalue weighted by Gasteiger charge is -2.44. The summed E-state index contributed by atoms with van der Waals surface area (Å²) in [5.41, 5.74) is 6.46. The normalized spacial score (nSPS) is 13.2. The number of rotatable bonds is 6. The van der Waals surface area contributed by atoms with Crippen LogP contribution in [0.5, 0.6) is 0 Å². The SMILES string of the molecule is Cc1cccc2c1c(CN(C)C)cn2[Si](C(C)C)(C(C)C)C(C)C. The van der Waals surface area contributed by atoms with Crippen LogP contribution in [0, 0.1) is 6.92 Å². The molecule has 1 aromatic carbocycles. The van der Waals surface area contributed by atoms with Gasteiger partial charge in [-0.05, 0) is 54.8 Å². The van der Waals surface area contributed by atoms with Crippen LogP contribution in [-0.2, 0) is 6.54 Å². The van der Waals surface area contributed by atoms with Gasteiger partial charge in [0.2, 0.25) is 0 Å². The zero-order valence-corrected chi connectivity index (χ0v) is 18.1. The highest BCUT2D eigenvalue weighted by Crippen LogP contribution is 2.45. The zero-order chi connectivity index (χ0) is 18.2. The Morgan fingerprint density at radius 3 is 1.96 bits per heavy atom. The van der Waals surface area contributed by atoms with E-state index in [1.165, 1.54) is 22.0 Å². The Morgan fingerprint density at radius 2 is 1.50 bits per heavy atom. The second-order valence-electron chi connectivity index (χ2n) is 8.58. The third-order valence-electron chi connectivity index (χ3n) is 5.79.